The molecule has 0 saturated heterocycles. The van der Waals surface area contributed by atoms with Crippen LogP contribution in [-0.4, -0.2) is 14.7 Å². The predicted octanol–water partition coefficient (Wildman–Crippen LogP) is 3.56. The fourth-order valence-electron chi connectivity index (χ4n) is 1.35. The second-order valence-electron chi connectivity index (χ2n) is 3.06. The molecular formula is C9H5BrF3NOS. The summed E-state index contributed by atoms with van der Waals surface area (Å²) in [7, 11) is -3.00. The van der Waals surface area contributed by atoms with Crippen molar-refractivity contribution in [1.29, 1.82) is 0 Å². The molecule has 0 aliphatic carbocycles. The molecule has 1 N–H and O–H groups in total. The molecule has 0 bridgehead atoms. The molecule has 2 nitrogen and oxygen atoms in total. The minimum Gasteiger partial charge on any atom is -0.360 e. The van der Waals surface area contributed by atoms with E-state index in [9.17, 15) is 17.4 Å². The van der Waals surface area contributed by atoms with Crippen molar-refractivity contribution in [2.45, 2.75) is 10.4 Å². The summed E-state index contributed by atoms with van der Waals surface area (Å²) >= 11 is 3.16. The molecule has 0 aliphatic rings. The average molecular weight is 312 g/mol. The number of fused-ring (bicyclic) bond motifs is 1. The Balaban J connectivity index is 2.62. The van der Waals surface area contributed by atoms with Gasteiger partial charge in [-0.2, -0.15) is 13.2 Å². The lowest BCUT2D eigenvalue weighted by molar-refractivity contribution is -0.0384. The Morgan fingerprint density at radius 1 is 1.31 bits per heavy atom. The van der Waals surface area contributed by atoms with Gasteiger partial charge in [0.1, 0.15) is 0 Å². The number of benzene rings is 1. The van der Waals surface area contributed by atoms with Gasteiger partial charge in [-0.05, 0) is 18.2 Å². The van der Waals surface area contributed by atoms with E-state index in [1.165, 1.54) is 6.07 Å². The summed E-state index contributed by atoms with van der Waals surface area (Å²) in [4.78, 5) is 2.41. The smallest absolute Gasteiger partial charge is 0.360 e. The van der Waals surface area contributed by atoms with Crippen molar-refractivity contribution in [3.8, 4) is 0 Å². The van der Waals surface area contributed by atoms with E-state index in [0.29, 0.717) is 15.4 Å². The molecule has 0 amide bonds. The van der Waals surface area contributed by atoms with Crippen molar-refractivity contribution >= 4 is 37.6 Å². The summed E-state index contributed by atoms with van der Waals surface area (Å²) in [6, 6.07) is 4.82. The highest BCUT2D eigenvalue weighted by atomic mass is 79.9. The lowest BCUT2D eigenvalue weighted by Crippen LogP contribution is -2.15. The van der Waals surface area contributed by atoms with E-state index in [0.717, 1.165) is 6.20 Å². The van der Waals surface area contributed by atoms with Crippen LogP contribution >= 0.6 is 15.9 Å². The second-order valence-corrected chi connectivity index (χ2v) is 5.41. The number of alkyl halides is 3. The standard InChI is InChI=1S/C9H5BrF3NOS/c10-5-1-2-7-6(3-5)8(4-14-7)16(15)9(11,12)13/h1-4,14H. The molecule has 1 atom stereocenters. The molecular weight excluding hydrogens is 307 g/mol. The van der Waals surface area contributed by atoms with Gasteiger partial charge in [0, 0.05) is 21.6 Å². The molecule has 0 spiro atoms. The first kappa shape index (κ1) is 11.7. The molecule has 0 radical (unpaired) electrons. The van der Waals surface area contributed by atoms with Gasteiger partial charge in [-0.1, -0.05) is 15.9 Å². The van der Waals surface area contributed by atoms with E-state index < -0.39 is 16.3 Å². The predicted molar refractivity (Wildman–Crippen MR) is 58.5 cm³/mol. The van der Waals surface area contributed by atoms with Crippen LogP contribution in [0.25, 0.3) is 10.9 Å². The number of hydrogen-bond donors (Lipinski definition) is 1. The normalized spacial score (nSPS) is 14.2. The van der Waals surface area contributed by atoms with Crippen molar-refractivity contribution < 1.29 is 17.4 Å². The van der Waals surface area contributed by atoms with Gasteiger partial charge in [0.15, 0.2) is 10.8 Å². The van der Waals surface area contributed by atoms with Crippen LogP contribution in [-0.2, 0) is 10.8 Å². The van der Waals surface area contributed by atoms with Gasteiger partial charge in [0.2, 0.25) is 0 Å². The van der Waals surface area contributed by atoms with Crippen LogP contribution in [0.2, 0.25) is 0 Å². The summed E-state index contributed by atoms with van der Waals surface area (Å²) in [6.45, 7) is 0. The Kier molecular flexibility index (Phi) is 2.83. The summed E-state index contributed by atoms with van der Waals surface area (Å²) in [5.74, 6) is 0. The highest BCUT2D eigenvalue weighted by molar-refractivity contribution is 9.10. The molecule has 2 aromatic rings. The maximum atomic E-state index is 12.3. The van der Waals surface area contributed by atoms with E-state index in [1.54, 1.807) is 12.1 Å². The minimum atomic E-state index is -4.74. The third-order valence-electron chi connectivity index (χ3n) is 2.02. The fraction of sp³-hybridized carbons (Fsp3) is 0.111. The van der Waals surface area contributed by atoms with E-state index in [4.69, 9.17) is 0 Å². The van der Waals surface area contributed by atoms with E-state index in [-0.39, 0.29) is 4.90 Å². The molecule has 16 heavy (non-hydrogen) atoms. The Labute approximate surface area is 99.4 Å². The zero-order valence-corrected chi connectivity index (χ0v) is 10.0. The summed E-state index contributed by atoms with van der Waals surface area (Å²) in [5, 5.41) is 0.310. The van der Waals surface area contributed by atoms with Gasteiger partial charge in [-0.25, -0.2) is 4.21 Å². The van der Waals surface area contributed by atoms with Gasteiger partial charge < -0.3 is 4.98 Å². The monoisotopic (exact) mass is 311 g/mol. The molecule has 2 rings (SSSR count). The highest BCUT2D eigenvalue weighted by Gasteiger charge is 2.39. The van der Waals surface area contributed by atoms with Crippen LogP contribution in [0, 0.1) is 0 Å². The van der Waals surface area contributed by atoms with E-state index >= 15 is 0 Å². The van der Waals surface area contributed by atoms with Crippen molar-refractivity contribution in [2.24, 2.45) is 0 Å². The third kappa shape index (κ3) is 2.01. The molecule has 1 aromatic carbocycles. The first-order valence-electron chi connectivity index (χ1n) is 4.15. The third-order valence-corrected chi connectivity index (χ3v) is 3.67. The molecule has 0 saturated carbocycles. The average Bonchev–Trinajstić information content (AvgIpc) is 2.57. The SMILES string of the molecule is O=S(c1c[nH]c2ccc(Br)cc12)C(F)(F)F. The number of aromatic amines is 1. The minimum absolute atomic E-state index is 0.246. The van der Waals surface area contributed by atoms with Crippen LogP contribution < -0.4 is 0 Å². The first-order chi connectivity index (χ1) is 7.39. The lowest BCUT2D eigenvalue weighted by Gasteiger charge is -2.04. The molecule has 86 valence electrons. The van der Waals surface area contributed by atoms with Crippen molar-refractivity contribution in [3.63, 3.8) is 0 Å². The van der Waals surface area contributed by atoms with Crippen LogP contribution in [0.1, 0.15) is 0 Å². The van der Waals surface area contributed by atoms with Crippen molar-refractivity contribution in [1.82, 2.24) is 4.98 Å². The maximum Gasteiger partial charge on any atom is 0.475 e. The molecule has 0 fully saturated rings. The number of aromatic nitrogens is 1. The Hall–Kier alpha value is -0.820. The number of halogens is 4. The van der Waals surface area contributed by atoms with Crippen molar-refractivity contribution in [3.05, 3.63) is 28.9 Å². The summed E-state index contributed by atoms with van der Waals surface area (Å²) < 4.78 is 48.8. The number of rotatable bonds is 1. The zero-order valence-electron chi connectivity index (χ0n) is 7.64. The van der Waals surface area contributed by atoms with Crippen molar-refractivity contribution in [2.75, 3.05) is 0 Å². The van der Waals surface area contributed by atoms with Gasteiger partial charge in [0.25, 0.3) is 0 Å². The number of hydrogen-bond acceptors (Lipinski definition) is 1. The van der Waals surface area contributed by atoms with Crippen LogP contribution in [0.4, 0.5) is 13.2 Å². The zero-order chi connectivity index (χ0) is 11.9. The van der Waals surface area contributed by atoms with E-state index in [1.807, 2.05) is 0 Å². The number of nitrogens with one attached hydrogen (secondary N) is 1. The summed E-state index contributed by atoms with van der Waals surface area (Å²) in [5.41, 5.74) is -4.21. The highest BCUT2D eigenvalue weighted by Crippen LogP contribution is 2.32. The van der Waals surface area contributed by atoms with Gasteiger partial charge in [-0.3, -0.25) is 0 Å². The molecule has 0 aliphatic heterocycles. The Morgan fingerprint density at radius 2 is 2.00 bits per heavy atom. The largest absolute Gasteiger partial charge is 0.475 e. The Morgan fingerprint density at radius 3 is 2.62 bits per heavy atom. The topological polar surface area (TPSA) is 32.9 Å². The van der Waals surface area contributed by atoms with E-state index in [2.05, 4.69) is 20.9 Å². The maximum absolute atomic E-state index is 12.3. The molecule has 1 heterocycles. The number of H-pyrrole nitrogens is 1. The van der Waals surface area contributed by atoms with Crippen LogP contribution in [0.5, 0.6) is 0 Å². The quantitative estimate of drug-likeness (QED) is 0.858. The van der Waals surface area contributed by atoms with Crippen LogP contribution in [0.3, 0.4) is 0 Å². The van der Waals surface area contributed by atoms with Gasteiger partial charge in [0.05, 0.1) is 4.90 Å². The van der Waals surface area contributed by atoms with Gasteiger partial charge >= 0.3 is 5.51 Å². The fourth-order valence-corrected chi connectivity index (χ4v) is 2.49. The second kappa shape index (κ2) is 3.89. The summed E-state index contributed by atoms with van der Waals surface area (Å²) in [6.07, 6.45) is 1.13. The van der Waals surface area contributed by atoms with Crippen LogP contribution in [0.15, 0.2) is 33.8 Å². The first-order valence-corrected chi connectivity index (χ1v) is 6.09. The molecule has 1 unspecified atom stereocenters. The lowest BCUT2D eigenvalue weighted by atomic mass is 10.2. The Bertz CT molecular complexity index is 563. The molecule has 1 aromatic heterocycles. The molecule has 7 heteroatoms. The van der Waals surface area contributed by atoms with Gasteiger partial charge in [-0.15, -0.1) is 0 Å².